The lowest BCUT2D eigenvalue weighted by molar-refractivity contribution is -0.120. The van der Waals surface area contributed by atoms with Gasteiger partial charge in [0.05, 0.1) is 18.8 Å². The van der Waals surface area contributed by atoms with Crippen LogP contribution in [0.5, 0.6) is 5.75 Å². The van der Waals surface area contributed by atoms with E-state index in [0.717, 1.165) is 19.9 Å². The van der Waals surface area contributed by atoms with E-state index in [1.165, 1.54) is 7.11 Å². The molecule has 1 N–H and O–H groups in total. The Kier molecular flexibility index (Phi) is 7.58. The first-order valence-electron chi connectivity index (χ1n) is 9.99. The summed E-state index contributed by atoms with van der Waals surface area (Å²) in [6.07, 6.45) is 0. The number of rotatable bonds is 8. The van der Waals surface area contributed by atoms with E-state index in [-0.39, 0.29) is 23.2 Å². The summed E-state index contributed by atoms with van der Waals surface area (Å²) in [5, 5.41) is 2.89. The monoisotopic (exact) mass is 516 g/mol. The van der Waals surface area contributed by atoms with Crippen molar-refractivity contribution in [2.24, 2.45) is 0 Å². The Hall–Kier alpha value is -2.84. The van der Waals surface area contributed by atoms with E-state index < -0.39 is 15.9 Å². The Labute approximate surface area is 197 Å². The van der Waals surface area contributed by atoms with Crippen molar-refractivity contribution >= 4 is 37.5 Å². The zero-order chi connectivity index (χ0) is 23.3. The molecule has 8 heteroatoms. The molecule has 6 nitrogen and oxygen atoms in total. The van der Waals surface area contributed by atoms with Crippen LogP contribution in [0.2, 0.25) is 0 Å². The van der Waals surface area contributed by atoms with Crippen LogP contribution in [0, 0.1) is 6.92 Å². The first kappa shape index (κ1) is 23.8. The van der Waals surface area contributed by atoms with Crippen LogP contribution in [0.1, 0.15) is 24.1 Å². The van der Waals surface area contributed by atoms with Gasteiger partial charge in [0.2, 0.25) is 5.91 Å². The fraction of sp³-hybridized carbons (Fsp3) is 0.208. The number of anilines is 1. The zero-order valence-electron chi connectivity index (χ0n) is 18.1. The van der Waals surface area contributed by atoms with Crippen molar-refractivity contribution in [3.8, 4) is 5.75 Å². The van der Waals surface area contributed by atoms with E-state index in [1.807, 2.05) is 31.2 Å². The zero-order valence-corrected chi connectivity index (χ0v) is 20.5. The molecule has 0 spiro atoms. The average Bonchev–Trinajstić information content (AvgIpc) is 2.78. The van der Waals surface area contributed by atoms with Gasteiger partial charge < -0.3 is 10.1 Å². The summed E-state index contributed by atoms with van der Waals surface area (Å²) in [7, 11) is -2.66. The first-order valence-corrected chi connectivity index (χ1v) is 12.2. The summed E-state index contributed by atoms with van der Waals surface area (Å²) < 4.78 is 34.7. The number of nitrogens with one attached hydrogen (secondary N) is 1. The van der Waals surface area contributed by atoms with Gasteiger partial charge in [0.15, 0.2) is 0 Å². The smallest absolute Gasteiger partial charge is 0.268 e. The minimum atomic E-state index is -4.08. The van der Waals surface area contributed by atoms with Crippen molar-refractivity contribution in [1.82, 2.24) is 5.32 Å². The van der Waals surface area contributed by atoms with Crippen LogP contribution in [0.4, 0.5) is 5.69 Å². The van der Waals surface area contributed by atoms with Gasteiger partial charge in [-0.3, -0.25) is 9.10 Å². The minimum absolute atomic E-state index is 0.0117. The summed E-state index contributed by atoms with van der Waals surface area (Å²) in [6, 6.07) is 20.8. The molecule has 0 bridgehead atoms. The summed E-state index contributed by atoms with van der Waals surface area (Å²) in [6.45, 7) is 3.29. The molecule has 0 heterocycles. The molecule has 0 saturated carbocycles. The molecular weight excluding hydrogens is 492 g/mol. The van der Waals surface area contributed by atoms with E-state index in [1.54, 1.807) is 55.5 Å². The van der Waals surface area contributed by atoms with Crippen LogP contribution < -0.4 is 14.4 Å². The maximum Gasteiger partial charge on any atom is 0.268 e. The molecule has 0 aromatic heterocycles. The van der Waals surface area contributed by atoms with E-state index >= 15 is 0 Å². The summed E-state index contributed by atoms with van der Waals surface area (Å²) in [4.78, 5) is 12.9. The maximum atomic E-state index is 13.7. The molecule has 1 atom stereocenters. The molecule has 3 aromatic rings. The van der Waals surface area contributed by atoms with E-state index in [0.29, 0.717) is 5.69 Å². The van der Waals surface area contributed by atoms with Crippen LogP contribution in [0.3, 0.4) is 0 Å². The molecule has 0 unspecified atom stereocenters. The Morgan fingerprint density at radius 3 is 2.34 bits per heavy atom. The number of sulfonamides is 1. The van der Waals surface area contributed by atoms with Crippen molar-refractivity contribution in [3.05, 3.63) is 88.4 Å². The lowest BCUT2D eigenvalue weighted by Gasteiger charge is -2.26. The number of para-hydroxylation sites is 1. The lowest BCUT2D eigenvalue weighted by atomic mass is 10.1. The lowest BCUT2D eigenvalue weighted by Crippen LogP contribution is -2.41. The Morgan fingerprint density at radius 1 is 1.06 bits per heavy atom. The number of amides is 1. The number of halogens is 1. The highest BCUT2D eigenvalue weighted by Gasteiger charge is 2.30. The second kappa shape index (κ2) is 10.2. The highest BCUT2D eigenvalue weighted by Crippen LogP contribution is 2.30. The van der Waals surface area contributed by atoms with Crippen molar-refractivity contribution in [1.29, 1.82) is 0 Å². The number of carbonyl (C=O) groups excluding carboxylic acids is 1. The second-order valence-electron chi connectivity index (χ2n) is 7.34. The van der Waals surface area contributed by atoms with Crippen LogP contribution >= 0.6 is 15.9 Å². The first-order chi connectivity index (χ1) is 15.2. The standard InChI is InChI=1S/C24H25BrN2O4S/c1-17-9-14-22(31-3)23(15-17)32(29,30)27(21-7-5-4-6-8-21)16-24(28)26-18(2)19-10-12-20(25)13-11-19/h4-15,18H,16H2,1-3H3,(H,26,28)/t18-/m1/s1. The molecule has 0 aliphatic carbocycles. The van der Waals surface area contributed by atoms with Gasteiger partial charge in [-0.1, -0.05) is 52.3 Å². The highest BCUT2D eigenvalue weighted by molar-refractivity contribution is 9.10. The van der Waals surface area contributed by atoms with Gasteiger partial charge in [-0.15, -0.1) is 0 Å². The van der Waals surface area contributed by atoms with Crippen LogP contribution in [-0.2, 0) is 14.8 Å². The molecule has 168 valence electrons. The maximum absolute atomic E-state index is 13.7. The predicted molar refractivity (Wildman–Crippen MR) is 129 cm³/mol. The van der Waals surface area contributed by atoms with Crippen LogP contribution in [0.15, 0.2) is 82.2 Å². The van der Waals surface area contributed by atoms with Crippen LogP contribution in [-0.4, -0.2) is 28.0 Å². The van der Waals surface area contributed by atoms with E-state index in [2.05, 4.69) is 21.2 Å². The minimum Gasteiger partial charge on any atom is -0.495 e. The van der Waals surface area contributed by atoms with Gasteiger partial charge in [0.25, 0.3) is 10.0 Å². The third-order valence-corrected chi connectivity index (χ3v) is 7.29. The third-order valence-electron chi connectivity index (χ3n) is 4.97. The number of hydrogen-bond donors (Lipinski definition) is 1. The van der Waals surface area contributed by atoms with E-state index in [9.17, 15) is 13.2 Å². The SMILES string of the molecule is COc1ccc(C)cc1S(=O)(=O)N(CC(=O)N[C@H](C)c1ccc(Br)cc1)c1ccccc1. The molecule has 1 amide bonds. The van der Waals surface area contributed by atoms with Crippen molar-refractivity contribution in [2.75, 3.05) is 18.0 Å². The van der Waals surface area contributed by atoms with Gasteiger partial charge in [-0.25, -0.2) is 8.42 Å². The van der Waals surface area contributed by atoms with Crippen molar-refractivity contribution in [3.63, 3.8) is 0 Å². The molecule has 0 fully saturated rings. The number of aryl methyl sites for hydroxylation is 1. The predicted octanol–water partition coefficient (Wildman–Crippen LogP) is 4.84. The fourth-order valence-electron chi connectivity index (χ4n) is 3.27. The van der Waals surface area contributed by atoms with E-state index in [4.69, 9.17) is 4.74 Å². The van der Waals surface area contributed by atoms with Crippen molar-refractivity contribution < 1.29 is 17.9 Å². The molecule has 0 aliphatic heterocycles. The summed E-state index contributed by atoms with van der Waals surface area (Å²) >= 11 is 3.39. The molecule has 32 heavy (non-hydrogen) atoms. The number of nitrogens with zero attached hydrogens (tertiary/aromatic N) is 1. The molecule has 3 rings (SSSR count). The average molecular weight is 517 g/mol. The number of ether oxygens (including phenoxy) is 1. The Morgan fingerprint density at radius 2 is 1.72 bits per heavy atom. The normalized spacial score (nSPS) is 12.1. The largest absolute Gasteiger partial charge is 0.495 e. The second-order valence-corrected chi connectivity index (χ2v) is 10.1. The topological polar surface area (TPSA) is 75.7 Å². The summed E-state index contributed by atoms with van der Waals surface area (Å²) in [5.74, 6) is -0.195. The number of carbonyl (C=O) groups is 1. The van der Waals surface area contributed by atoms with Crippen molar-refractivity contribution in [2.45, 2.75) is 24.8 Å². The van der Waals surface area contributed by atoms with Gasteiger partial charge in [-0.2, -0.15) is 0 Å². The Balaban J connectivity index is 1.93. The molecule has 0 radical (unpaired) electrons. The highest BCUT2D eigenvalue weighted by atomic mass is 79.9. The quantitative estimate of drug-likeness (QED) is 0.464. The summed E-state index contributed by atoms with van der Waals surface area (Å²) in [5.41, 5.74) is 2.07. The molecule has 0 saturated heterocycles. The van der Waals surface area contributed by atoms with Gasteiger partial charge in [-0.05, 0) is 61.4 Å². The third kappa shape index (κ3) is 5.49. The Bertz CT molecular complexity index is 1180. The van der Waals surface area contributed by atoms with Crippen LogP contribution in [0.25, 0.3) is 0 Å². The van der Waals surface area contributed by atoms with Gasteiger partial charge >= 0.3 is 0 Å². The number of methoxy groups -OCH3 is 1. The number of hydrogen-bond acceptors (Lipinski definition) is 4. The fourth-order valence-corrected chi connectivity index (χ4v) is 5.19. The van der Waals surface area contributed by atoms with Gasteiger partial charge in [0, 0.05) is 4.47 Å². The molecule has 0 aliphatic rings. The van der Waals surface area contributed by atoms with Gasteiger partial charge in [0.1, 0.15) is 17.2 Å². The molecule has 3 aromatic carbocycles. The number of benzene rings is 3. The molecular formula is C24H25BrN2O4S.